The number of hydrogen-bond acceptors (Lipinski definition) is 3. The molecule has 0 aliphatic heterocycles. The number of amides is 2. The van der Waals surface area contributed by atoms with Gasteiger partial charge < -0.3 is 15.0 Å². The predicted octanol–water partition coefficient (Wildman–Crippen LogP) is 4.45. The first-order valence-corrected chi connectivity index (χ1v) is 8.37. The SMILES string of the molecule is CN(Cc1ccc(OC(F)F)cc1)C(=O)NCc1cc(Br)cs1. The summed E-state index contributed by atoms with van der Waals surface area (Å²) in [6.07, 6.45) is 0. The molecule has 2 amide bonds. The summed E-state index contributed by atoms with van der Waals surface area (Å²) in [5, 5.41) is 4.78. The lowest BCUT2D eigenvalue weighted by Crippen LogP contribution is -2.36. The van der Waals surface area contributed by atoms with Crippen molar-refractivity contribution in [2.24, 2.45) is 0 Å². The molecule has 1 aromatic heterocycles. The van der Waals surface area contributed by atoms with Gasteiger partial charge in [-0.05, 0) is 39.7 Å². The van der Waals surface area contributed by atoms with E-state index in [1.165, 1.54) is 17.0 Å². The Bertz CT molecular complexity index is 649. The zero-order valence-electron chi connectivity index (χ0n) is 12.3. The minimum atomic E-state index is -2.84. The fourth-order valence-electron chi connectivity index (χ4n) is 1.87. The van der Waals surface area contributed by atoms with E-state index in [1.807, 2.05) is 11.4 Å². The van der Waals surface area contributed by atoms with Gasteiger partial charge in [-0.25, -0.2) is 4.79 Å². The van der Waals surface area contributed by atoms with Crippen molar-refractivity contribution in [3.05, 3.63) is 50.6 Å². The molecule has 1 N–H and O–H groups in total. The van der Waals surface area contributed by atoms with Gasteiger partial charge in [0.15, 0.2) is 0 Å². The van der Waals surface area contributed by atoms with E-state index in [2.05, 4.69) is 26.0 Å². The third-order valence-electron chi connectivity index (χ3n) is 2.95. The van der Waals surface area contributed by atoms with Crippen LogP contribution in [0.5, 0.6) is 5.75 Å². The van der Waals surface area contributed by atoms with Crippen LogP contribution in [0.25, 0.3) is 0 Å². The number of nitrogens with zero attached hydrogens (tertiary/aromatic N) is 1. The third-order valence-corrected chi connectivity index (χ3v) is 4.65. The van der Waals surface area contributed by atoms with E-state index >= 15 is 0 Å². The van der Waals surface area contributed by atoms with E-state index in [4.69, 9.17) is 0 Å². The molecule has 0 spiro atoms. The highest BCUT2D eigenvalue weighted by Crippen LogP contribution is 2.19. The number of alkyl halides is 2. The number of rotatable bonds is 6. The Balaban J connectivity index is 1.82. The molecule has 1 heterocycles. The lowest BCUT2D eigenvalue weighted by molar-refractivity contribution is -0.0498. The highest BCUT2D eigenvalue weighted by atomic mass is 79.9. The molecule has 0 saturated carbocycles. The summed E-state index contributed by atoms with van der Waals surface area (Å²) in [7, 11) is 1.67. The van der Waals surface area contributed by atoms with Crippen LogP contribution in [-0.4, -0.2) is 24.6 Å². The van der Waals surface area contributed by atoms with E-state index in [-0.39, 0.29) is 11.8 Å². The zero-order valence-corrected chi connectivity index (χ0v) is 14.7. The number of ether oxygens (including phenoxy) is 1. The molecule has 0 fully saturated rings. The molecule has 0 aliphatic rings. The van der Waals surface area contributed by atoms with Gasteiger partial charge in [-0.3, -0.25) is 0 Å². The molecule has 23 heavy (non-hydrogen) atoms. The number of nitrogens with one attached hydrogen (secondary N) is 1. The number of carbonyl (C=O) groups excluding carboxylic acids is 1. The molecule has 2 rings (SSSR count). The highest BCUT2D eigenvalue weighted by Gasteiger charge is 2.10. The van der Waals surface area contributed by atoms with E-state index in [0.717, 1.165) is 14.9 Å². The first-order valence-electron chi connectivity index (χ1n) is 6.69. The fourth-order valence-corrected chi connectivity index (χ4v) is 3.26. The Morgan fingerprint density at radius 3 is 2.65 bits per heavy atom. The molecule has 4 nitrogen and oxygen atoms in total. The minimum absolute atomic E-state index is 0.0964. The van der Waals surface area contributed by atoms with E-state index in [9.17, 15) is 13.6 Å². The maximum atomic E-state index is 12.1. The van der Waals surface area contributed by atoms with Crippen molar-refractivity contribution in [1.29, 1.82) is 0 Å². The Morgan fingerprint density at radius 2 is 2.09 bits per heavy atom. The van der Waals surface area contributed by atoms with E-state index in [0.29, 0.717) is 13.1 Å². The van der Waals surface area contributed by atoms with Crippen molar-refractivity contribution >= 4 is 33.3 Å². The van der Waals surface area contributed by atoms with Gasteiger partial charge in [-0.15, -0.1) is 11.3 Å². The van der Waals surface area contributed by atoms with Gasteiger partial charge in [0, 0.05) is 28.3 Å². The molecule has 0 atom stereocenters. The molecule has 8 heteroatoms. The van der Waals surface area contributed by atoms with Crippen molar-refractivity contribution in [1.82, 2.24) is 10.2 Å². The summed E-state index contributed by atoms with van der Waals surface area (Å²) in [4.78, 5) is 14.6. The minimum Gasteiger partial charge on any atom is -0.435 e. The van der Waals surface area contributed by atoms with Crippen LogP contribution in [0.3, 0.4) is 0 Å². The molecule has 0 bridgehead atoms. The van der Waals surface area contributed by atoms with Crippen LogP contribution in [0.2, 0.25) is 0 Å². The van der Waals surface area contributed by atoms with Crippen LogP contribution in [0, 0.1) is 0 Å². The normalized spacial score (nSPS) is 10.7. The monoisotopic (exact) mass is 404 g/mol. The summed E-state index contributed by atoms with van der Waals surface area (Å²) < 4.78 is 29.4. The summed E-state index contributed by atoms with van der Waals surface area (Å²) in [6.45, 7) is -2.01. The lowest BCUT2D eigenvalue weighted by Gasteiger charge is -2.18. The van der Waals surface area contributed by atoms with E-state index < -0.39 is 6.61 Å². The molecule has 0 saturated heterocycles. The standard InChI is InChI=1S/C15H15BrF2N2O2S/c1-20(15(21)19-7-13-6-11(16)9-23-13)8-10-2-4-12(5-3-10)22-14(17)18/h2-6,9,14H,7-8H2,1H3,(H,19,21). The second-order valence-electron chi connectivity index (χ2n) is 4.77. The maximum absolute atomic E-state index is 12.1. The first kappa shape index (κ1) is 17.7. The Morgan fingerprint density at radius 1 is 1.39 bits per heavy atom. The number of carbonyl (C=O) groups is 1. The van der Waals surface area contributed by atoms with Crippen molar-refractivity contribution in [2.75, 3.05) is 7.05 Å². The zero-order chi connectivity index (χ0) is 16.8. The van der Waals surface area contributed by atoms with Gasteiger partial charge in [0.25, 0.3) is 0 Å². The van der Waals surface area contributed by atoms with Gasteiger partial charge in [-0.1, -0.05) is 12.1 Å². The predicted molar refractivity (Wildman–Crippen MR) is 88.8 cm³/mol. The Hall–Kier alpha value is -1.67. The van der Waals surface area contributed by atoms with Crippen LogP contribution < -0.4 is 10.1 Å². The maximum Gasteiger partial charge on any atom is 0.387 e. The van der Waals surface area contributed by atoms with Crippen molar-refractivity contribution in [3.8, 4) is 5.75 Å². The molecule has 0 unspecified atom stereocenters. The van der Waals surface area contributed by atoms with Crippen LogP contribution in [0.1, 0.15) is 10.4 Å². The molecular weight excluding hydrogens is 390 g/mol. The average molecular weight is 405 g/mol. The van der Waals surface area contributed by atoms with Crippen molar-refractivity contribution in [2.45, 2.75) is 19.7 Å². The largest absolute Gasteiger partial charge is 0.435 e. The number of thiophene rings is 1. The first-order chi connectivity index (χ1) is 10.9. The molecule has 2 aromatic rings. The van der Waals surface area contributed by atoms with Crippen LogP contribution >= 0.6 is 27.3 Å². The van der Waals surface area contributed by atoms with Gasteiger partial charge in [0.2, 0.25) is 0 Å². The summed E-state index contributed by atoms with van der Waals surface area (Å²) in [6, 6.07) is 7.96. The molecule has 1 aromatic carbocycles. The third kappa shape index (κ3) is 5.80. The summed E-state index contributed by atoms with van der Waals surface area (Å²) >= 11 is 4.92. The van der Waals surface area contributed by atoms with E-state index in [1.54, 1.807) is 30.5 Å². The highest BCUT2D eigenvalue weighted by molar-refractivity contribution is 9.10. The number of urea groups is 1. The molecule has 0 radical (unpaired) electrons. The number of halogens is 3. The summed E-state index contributed by atoms with van der Waals surface area (Å²) in [5.74, 6) is 0.0964. The van der Waals surface area contributed by atoms with Crippen LogP contribution in [0.15, 0.2) is 40.2 Å². The smallest absolute Gasteiger partial charge is 0.387 e. The molecule has 0 aliphatic carbocycles. The number of hydrogen-bond donors (Lipinski definition) is 1. The molecule has 124 valence electrons. The number of benzene rings is 1. The Labute approximate surface area is 145 Å². The average Bonchev–Trinajstić information content (AvgIpc) is 2.92. The quantitative estimate of drug-likeness (QED) is 0.772. The van der Waals surface area contributed by atoms with Crippen LogP contribution in [-0.2, 0) is 13.1 Å². The van der Waals surface area contributed by atoms with Gasteiger partial charge in [0.1, 0.15) is 5.75 Å². The van der Waals surface area contributed by atoms with Gasteiger partial charge in [0.05, 0.1) is 6.54 Å². The molecular formula is C15H15BrF2N2O2S. The fraction of sp³-hybridized carbons (Fsp3) is 0.267. The lowest BCUT2D eigenvalue weighted by atomic mass is 10.2. The van der Waals surface area contributed by atoms with Crippen molar-refractivity contribution < 1.29 is 18.3 Å². The second kappa shape index (κ2) is 8.26. The Kier molecular flexibility index (Phi) is 6.35. The van der Waals surface area contributed by atoms with Crippen LogP contribution in [0.4, 0.5) is 13.6 Å². The topological polar surface area (TPSA) is 41.6 Å². The van der Waals surface area contributed by atoms with Gasteiger partial charge >= 0.3 is 12.6 Å². The van der Waals surface area contributed by atoms with Gasteiger partial charge in [-0.2, -0.15) is 8.78 Å². The summed E-state index contributed by atoms with van der Waals surface area (Å²) in [5.41, 5.74) is 0.822. The second-order valence-corrected chi connectivity index (χ2v) is 6.68. The van der Waals surface area contributed by atoms with Crippen molar-refractivity contribution in [3.63, 3.8) is 0 Å².